The number of hydrogen-bond donors (Lipinski definition) is 2. The normalized spacial score (nSPS) is 23.3. The summed E-state index contributed by atoms with van der Waals surface area (Å²) in [5.74, 6) is 5.23. The number of hydrogen-bond acceptors (Lipinski definition) is 8. The summed E-state index contributed by atoms with van der Waals surface area (Å²) in [6.45, 7) is 18.0. The molecule has 12 nitrogen and oxygen atoms in total. The summed E-state index contributed by atoms with van der Waals surface area (Å²) in [5, 5.41) is 2.69. The van der Waals surface area contributed by atoms with Gasteiger partial charge in [0.25, 0.3) is 20.0 Å². The number of amides is 1. The molecule has 1 aromatic heterocycles. The van der Waals surface area contributed by atoms with Crippen LogP contribution in [0.2, 0.25) is 0 Å². The predicted octanol–water partition coefficient (Wildman–Crippen LogP) is 3.06. The second-order valence-electron chi connectivity index (χ2n) is 10.8. The molecule has 1 amide bonds. The molecule has 2 aliphatic heterocycles. The van der Waals surface area contributed by atoms with E-state index in [1.807, 2.05) is 13.0 Å². The minimum absolute atomic E-state index is 0.00602. The summed E-state index contributed by atoms with van der Waals surface area (Å²) < 4.78 is 28.8. The van der Waals surface area contributed by atoms with Gasteiger partial charge in [-0.3, -0.25) is 19.1 Å². The quantitative estimate of drug-likeness (QED) is 0.162. The Balaban J connectivity index is 1.56. The lowest BCUT2D eigenvalue weighted by atomic mass is 9.96. The smallest absolute Gasteiger partial charge is 0.330 e. The summed E-state index contributed by atoms with van der Waals surface area (Å²) in [5.41, 5.74) is -1.62. The van der Waals surface area contributed by atoms with E-state index in [1.165, 1.54) is 10.8 Å². The summed E-state index contributed by atoms with van der Waals surface area (Å²) in [7, 11) is -1.59. The molecule has 2 N–H and O–H groups in total. The van der Waals surface area contributed by atoms with Gasteiger partial charge in [0.1, 0.15) is 30.0 Å². The van der Waals surface area contributed by atoms with Crippen LogP contribution in [0.25, 0.3) is 4.85 Å². The first-order valence-electron chi connectivity index (χ1n) is 14.3. The van der Waals surface area contributed by atoms with Crippen LogP contribution in [0.5, 0.6) is 0 Å². The van der Waals surface area contributed by atoms with E-state index in [0.29, 0.717) is 12.0 Å². The van der Waals surface area contributed by atoms with Crippen LogP contribution in [0, 0.1) is 18.4 Å². The van der Waals surface area contributed by atoms with Gasteiger partial charge in [0.05, 0.1) is 13.2 Å². The third kappa shape index (κ3) is 7.25. The van der Waals surface area contributed by atoms with Gasteiger partial charge in [0, 0.05) is 23.8 Å². The van der Waals surface area contributed by atoms with E-state index in [9.17, 15) is 14.4 Å². The van der Waals surface area contributed by atoms with Gasteiger partial charge in [-0.25, -0.2) is 16.0 Å². The van der Waals surface area contributed by atoms with Crippen LogP contribution in [-0.2, 0) is 18.5 Å². The fourth-order valence-electron chi connectivity index (χ4n) is 5.21. The highest BCUT2D eigenvalue weighted by molar-refractivity contribution is 7.44. The Hall–Kier alpha value is -3.35. The van der Waals surface area contributed by atoms with Crippen molar-refractivity contribution in [3.8, 4) is 11.8 Å². The average molecular weight is 612 g/mol. The maximum Gasteiger partial charge on any atom is 0.330 e. The van der Waals surface area contributed by atoms with Gasteiger partial charge in [-0.15, -0.1) is 0 Å². The second-order valence-corrected chi connectivity index (χ2v) is 12.2. The Bertz CT molecular complexity index is 1480. The number of ether oxygens (including phenoxy) is 2. The molecule has 0 radical (unpaired) electrons. The Kier molecular flexibility index (Phi) is 10.9. The molecule has 2 bridgehead atoms. The molecule has 4 rings (SSSR count). The molecular weight excluding hydrogens is 573 g/mol. The molecule has 2 unspecified atom stereocenters. The third-order valence-corrected chi connectivity index (χ3v) is 9.38. The number of carbonyl (C=O) groups is 1. The molecule has 230 valence electrons. The van der Waals surface area contributed by atoms with E-state index in [-0.39, 0.29) is 49.9 Å². The molecule has 2 aliphatic rings. The number of rotatable bonds is 12. The fourth-order valence-corrected chi connectivity index (χ4v) is 7.01. The van der Waals surface area contributed by atoms with Crippen molar-refractivity contribution in [2.75, 3.05) is 26.3 Å². The van der Waals surface area contributed by atoms with Crippen LogP contribution < -0.4 is 16.6 Å². The van der Waals surface area contributed by atoms with Crippen molar-refractivity contribution in [1.82, 2.24) is 19.5 Å². The molecule has 0 spiro atoms. The van der Waals surface area contributed by atoms with E-state index >= 15 is 0 Å². The number of aromatic nitrogens is 2. The number of H-pyrrole nitrogens is 1. The Labute approximate surface area is 252 Å². The van der Waals surface area contributed by atoms with Gasteiger partial charge in [-0.2, -0.15) is 0 Å². The first-order chi connectivity index (χ1) is 20.6. The van der Waals surface area contributed by atoms with Crippen molar-refractivity contribution in [3.05, 3.63) is 79.9 Å². The number of aromatic amines is 1. The predicted molar refractivity (Wildman–Crippen MR) is 161 cm³/mol. The van der Waals surface area contributed by atoms with Gasteiger partial charge < -0.3 is 28.7 Å². The molecule has 0 aliphatic carbocycles. The van der Waals surface area contributed by atoms with Gasteiger partial charge in [0.2, 0.25) is 6.54 Å². The molecule has 5 atom stereocenters. The van der Waals surface area contributed by atoms with Gasteiger partial charge in [0.15, 0.2) is 6.23 Å². The lowest BCUT2D eigenvalue weighted by Gasteiger charge is -2.38. The average Bonchev–Trinajstić information content (AvgIpc) is 3.48. The van der Waals surface area contributed by atoms with Crippen molar-refractivity contribution >= 4 is 14.4 Å². The summed E-state index contributed by atoms with van der Waals surface area (Å²) >= 11 is 0. The van der Waals surface area contributed by atoms with E-state index in [0.717, 1.165) is 0 Å². The SMILES string of the molecule is [C-]#[N+]CCOP(OC1[C@H]2OC[C@@]1(CC)O[C@H]2n1cc(C#CCNC(=O)c2ccccc2)c(=O)[nH]c1=O)N(C(C)C)C(C)C. The fraction of sp³-hybridized carbons (Fsp3) is 0.533. The lowest BCUT2D eigenvalue weighted by molar-refractivity contribution is -0.175. The summed E-state index contributed by atoms with van der Waals surface area (Å²) in [4.78, 5) is 43.5. The Morgan fingerprint density at radius 2 is 2.00 bits per heavy atom. The molecule has 43 heavy (non-hydrogen) atoms. The van der Waals surface area contributed by atoms with E-state index in [4.69, 9.17) is 25.1 Å². The largest absolute Gasteiger partial charge is 0.368 e. The number of carbonyl (C=O) groups excluding carboxylic acids is 1. The zero-order valence-corrected chi connectivity index (χ0v) is 25.9. The first kappa shape index (κ1) is 32.6. The van der Waals surface area contributed by atoms with Crippen LogP contribution in [0.15, 0.2) is 46.1 Å². The van der Waals surface area contributed by atoms with Crippen LogP contribution in [0.4, 0.5) is 0 Å². The number of benzene rings is 1. The third-order valence-electron chi connectivity index (χ3n) is 7.27. The molecule has 2 fully saturated rings. The highest BCUT2D eigenvalue weighted by atomic mass is 31.2. The topological polar surface area (TPSA) is 128 Å². The van der Waals surface area contributed by atoms with Crippen LogP contribution in [0.1, 0.15) is 63.2 Å². The molecule has 3 heterocycles. The minimum atomic E-state index is -1.59. The standard InChI is InChI=1S/C30H38N5O7P/c1-7-30-19-39-24(25(30)42-43(40-17-16-31-6)35(20(2)3)21(4)5)28(41-30)34-18-23(27(37)33-29(34)38)14-11-15-32-26(36)22-12-9-8-10-13-22/h8-10,12-13,18,20-21,24-25,28H,7,15-17,19H2,1-5H3,(H,32,36)(H,33,37,38)/t24-,25?,28-,30-,43?/m1/s1. The maximum absolute atomic E-state index is 13.0. The molecule has 2 aromatic rings. The van der Waals surface area contributed by atoms with E-state index in [1.54, 1.807) is 24.3 Å². The maximum atomic E-state index is 13.0. The number of nitrogens with one attached hydrogen (secondary N) is 2. The molecule has 2 saturated heterocycles. The van der Waals surface area contributed by atoms with Crippen LogP contribution in [0.3, 0.4) is 0 Å². The van der Waals surface area contributed by atoms with Crippen molar-refractivity contribution < 1.29 is 23.3 Å². The van der Waals surface area contributed by atoms with Gasteiger partial charge in [-0.1, -0.05) is 37.0 Å². The molecular formula is C30H38N5O7P. The number of fused-ring (bicyclic) bond motifs is 2. The van der Waals surface area contributed by atoms with Gasteiger partial charge in [-0.05, 0) is 46.2 Å². The second kappa shape index (κ2) is 14.4. The monoisotopic (exact) mass is 611 g/mol. The Morgan fingerprint density at radius 3 is 2.65 bits per heavy atom. The first-order valence-corrected chi connectivity index (χ1v) is 15.4. The molecule has 1 aromatic carbocycles. The highest BCUT2D eigenvalue weighted by Crippen LogP contribution is 2.55. The number of nitrogens with zero attached hydrogens (tertiary/aromatic N) is 3. The van der Waals surface area contributed by atoms with Crippen molar-refractivity contribution in [2.45, 2.75) is 77.2 Å². The Morgan fingerprint density at radius 1 is 1.28 bits per heavy atom. The lowest BCUT2D eigenvalue weighted by Crippen LogP contribution is -2.43. The van der Waals surface area contributed by atoms with Crippen molar-refractivity contribution in [1.29, 1.82) is 0 Å². The molecule has 13 heteroatoms. The summed E-state index contributed by atoms with van der Waals surface area (Å²) in [6.07, 6.45) is -0.210. The van der Waals surface area contributed by atoms with Gasteiger partial charge >= 0.3 is 5.69 Å². The highest BCUT2D eigenvalue weighted by Gasteiger charge is 2.63. The van der Waals surface area contributed by atoms with Crippen LogP contribution in [-0.4, -0.2) is 76.3 Å². The van der Waals surface area contributed by atoms with Crippen LogP contribution >= 0.6 is 8.53 Å². The van der Waals surface area contributed by atoms with Crippen molar-refractivity contribution in [2.24, 2.45) is 0 Å². The van der Waals surface area contributed by atoms with Crippen molar-refractivity contribution in [3.63, 3.8) is 0 Å². The van der Waals surface area contributed by atoms with E-state index in [2.05, 4.69) is 59.4 Å². The zero-order chi connectivity index (χ0) is 31.1. The molecule has 0 saturated carbocycles. The minimum Gasteiger partial charge on any atom is -0.368 e. The zero-order valence-electron chi connectivity index (χ0n) is 25.0. The summed E-state index contributed by atoms with van der Waals surface area (Å²) in [6, 6.07) is 8.92. The van der Waals surface area contributed by atoms with E-state index < -0.39 is 43.8 Å².